The van der Waals surface area contributed by atoms with Gasteiger partial charge in [-0.2, -0.15) is 0 Å². The Kier molecular flexibility index (Phi) is 6.44. The normalized spacial score (nSPS) is 16.9. The zero-order valence-electron chi connectivity index (χ0n) is 29.4. The summed E-state index contributed by atoms with van der Waals surface area (Å²) >= 11 is 0. The van der Waals surface area contributed by atoms with Crippen molar-refractivity contribution in [3.05, 3.63) is 180 Å². The molecule has 0 amide bonds. The fraction of sp³-hybridized carbons (Fsp3) is 0.149. The van der Waals surface area contributed by atoms with Crippen LogP contribution in [0.15, 0.2) is 158 Å². The molecule has 246 valence electrons. The van der Waals surface area contributed by atoms with Crippen LogP contribution in [0.2, 0.25) is 0 Å². The van der Waals surface area contributed by atoms with E-state index in [2.05, 4.69) is 190 Å². The van der Waals surface area contributed by atoms with Crippen LogP contribution < -0.4 is 5.46 Å². The Morgan fingerprint density at radius 2 is 1.12 bits per heavy atom. The molecule has 4 heteroatoms. The highest BCUT2D eigenvalue weighted by molar-refractivity contribution is 6.62. The van der Waals surface area contributed by atoms with Crippen molar-refractivity contribution in [2.45, 2.75) is 44.3 Å². The maximum atomic E-state index is 6.58. The van der Waals surface area contributed by atoms with E-state index in [1.807, 2.05) is 0 Å². The first-order valence-corrected chi connectivity index (χ1v) is 18.0. The van der Waals surface area contributed by atoms with Crippen LogP contribution in [0.3, 0.4) is 0 Å². The summed E-state index contributed by atoms with van der Waals surface area (Å²) in [6.07, 6.45) is 0. The molecule has 1 aliphatic heterocycles. The molecule has 0 bridgehead atoms. The third-order valence-electron chi connectivity index (χ3n) is 11.9. The maximum Gasteiger partial charge on any atom is 0.494 e. The molecule has 0 atom stereocenters. The van der Waals surface area contributed by atoms with Crippen LogP contribution in [0.1, 0.15) is 49.9 Å². The molecule has 0 N–H and O–H groups in total. The van der Waals surface area contributed by atoms with Gasteiger partial charge in [0, 0.05) is 16.5 Å². The zero-order chi connectivity index (χ0) is 34.5. The molecule has 0 unspecified atom stereocenters. The largest absolute Gasteiger partial charge is 0.494 e. The van der Waals surface area contributed by atoms with Crippen molar-refractivity contribution >= 4 is 45.2 Å². The van der Waals surface area contributed by atoms with Crippen molar-refractivity contribution in [1.82, 2.24) is 4.57 Å². The van der Waals surface area contributed by atoms with E-state index in [0.717, 1.165) is 16.7 Å². The average Bonchev–Trinajstić information content (AvgIpc) is 3.73. The molecule has 51 heavy (non-hydrogen) atoms. The van der Waals surface area contributed by atoms with Crippen molar-refractivity contribution in [1.29, 1.82) is 0 Å². The Morgan fingerprint density at radius 1 is 0.490 bits per heavy atom. The van der Waals surface area contributed by atoms with Gasteiger partial charge in [0.05, 0.1) is 27.7 Å². The van der Waals surface area contributed by atoms with Crippen molar-refractivity contribution in [3.8, 4) is 16.8 Å². The monoisotopic (exact) mass is 659 g/mol. The van der Waals surface area contributed by atoms with Gasteiger partial charge in [-0.3, -0.25) is 0 Å². The number of aromatic nitrogens is 1. The molecule has 10 rings (SSSR count). The Hall–Kier alpha value is -5.42. The lowest BCUT2D eigenvalue weighted by molar-refractivity contribution is 0.00578. The predicted octanol–water partition coefficient (Wildman–Crippen LogP) is 10.6. The minimum Gasteiger partial charge on any atom is -0.399 e. The lowest BCUT2D eigenvalue weighted by Gasteiger charge is -2.34. The van der Waals surface area contributed by atoms with Gasteiger partial charge >= 0.3 is 7.12 Å². The quantitative estimate of drug-likeness (QED) is 0.176. The molecule has 3 nitrogen and oxygen atoms in total. The minimum absolute atomic E-state index is 0.428. The van der Waals surface area contributed by atoms with E-state index in [0.29, 0.717) is 0 Å². The standard InChI is InChI=1S/C47H38BNO2/c1-45(2)46(3,4)51-48(50-45)34-24-26-39-43(29-34)49(42-28-23-31-15-11-12-20-36(31)44(39)42)35-25-27-38-37-21-13-14-22-40(37)47(41(38)30-35,32-16-7-5-8-17-32)33-18-9-6-10-19-33/h5-30H,1-4H3. The van der Waals surface area contributed by atoms with Crippen molar-refractivity contribution in [2.24, 2.45) is 0 Å². The van der Waals surface area contributed by atoms with Crippen molar-refractivity contribution in [2.75, 3.05) is 0 Å². The molecule has 2 aliphatic rings. The summed E-state index contributed by atoms with van der Waals surface area (Å²) in [6, 6.07) is 58.1. The average molecular weight is 660 g/mol. The number of rotatable bonds is 4. The summed E-state index contributed by atoms with van der Waals surface area (Å²) in [7, 11) is -0.457. The minimum atomic E-state index is -0.482. The molecule has 0 saturated carbocycles. The number of benzene rings is 7. The number of hydrogen-bond donors (Lipinski definition) is 0. The highest BCUT2D eigenvalue weighted by Crippen LogP contribution is 2.56. The lowest BCUT2D eigenvalue weighted by atomic mass is 9.67. The number of hydrogen-bond acceptors (Lipinski definition) is 2. The van der Waals surface area contributed by atoms with Crippen LogP contribution in [-0.4, -0.2) is 22.9 Å². The van der Waals surface area contributed by atoms with E-state index >= 15 is 0 Å². The molecule has 1 aliphatic carbocycles. The Balaban J connectivity index is 1.28. The summed E-state index contributed by atoms with van der Waals surface area (Å²) in [6.45, 7) is 8.46. The van der Waals surface area contributed by atoms with Crippen LogP contribution in [-0.2, 0) is 14.7 Å². The van der Waals surface area contributed by atoms with Gasteiger partial charge < -0.3 is 13.9 Å². The summed E-state index contributed by atoms with van der Waals surface area (Å²) in [5.41, 5.74) is 10.8. The van der Waals surface area contributed by atoms with Gasteiger partial charge in [0.25, 0.3) is 0 Å². The van der Waals surface area contributed by atoms with Crippen LogP contribution >= 0.6 is 0 Å². The third kappa shape index (κ3) is 4.21. The van der Waals surface area contributed by atoms with E-state index < -0.39 is 23.7 Å². The van der Waals surface area contributed by atoms with Crippen LogP contribution in [0, 0.1) is 0 Å². The van der Waals surface area contributed by atoms with Gasteiger partial charge in [0.15, 0.2) is 0 Å². The first kappa shape index (κ1) is 30.4. The topological polar surface area (TPSA) is 23.4 Å². The second-order valence-corrected chi connectivity index (χ2v) is 15.1. The highest BCUT2D eigenvalue weighted by Gasteiger charge is 2.52. The Bertz CT molecular complexity index is 2600. The Labute approximate surface area is 299 Å². The molecule has 8 aromatic rings. The fourth-order valence-electron chi connectivity index (χ4n) is 8.78. The highest BCUT2D eigenvalue weighted by atomic mass is 16.7. The third-order valence-corrected chi connectivity index (χ3v) is 11.9. The van der Waals surface area contributed by atoms with E-state index in [1.54, 1.807) is 0 Å². The van der Waals surface area contributed by atoms with E-state index in [-0.39, 0.29) is 0 Å². The van der Waals surface area contributed by atoms with Gasteiger partial charge in [-0.1, -0.05) is 133 Å². The molecule has 1 saturated heterocycles. The SMILES string of the molecule is CC1(C)OB(c2ccc3c4c5ccccc5ccc4n(-c4ccc5c(c4)C(c4ccccc4)(c4ccccc4)c4ccccc4-5)c3c2)OC1(C)C. The number of nitrogens with zero attached hydrogens (tertiary/aromatic N) is 1. The first-order chi connectivity index (χ1) is 24.8. The molecule has 0 spiro atoms. The molecule has 1 aromatic heterocycles. The molecular formula is C47H38BNO2. The lowest BCUT2D eigenvalue weighted by Crippen LogP contribution is -2.41. The molecule has 2 heterocycles. The first-order valence-electron chi connectivity index (χ1n) is 18.0. The summed E-state index contributed by atoms with van der Waals surface area (Å²) < 4.78 is 15.6. The predicted molar refractivity (Wildman–Crippen MR) is 211 cm³/mol. The Morgan fingerprint density at radius 3 is 1.84 bits per heavy atom. The van der Waals surface area contributed by atoms with Gasteiger partial charge in [-0.05, 0) is 102 Å². The second-order valence-electron chi connectivity index (χ2n) is 15.1. The number of fused-ring (bicyclic) bond motifs is 8. The fourth-order valence-corrected chi connectivity index (χ4v) is 8.78. The zero-order valence-corrected chi connectivity index (χ0v) is 29.4. The maximum absolute atomic E-state index is 6.58. The summed E-state index contributed by atoms with van der Waals surface area (Å²) in [4.78, 5) is 0. The summed E-state index contributed by atoms with van der Waals surface area (Å²) in [5.74, 6) is 0. The molecule has 7 aromatic carbocycles. The molecular weight excluding hydrogens is 621 g/mol. The van der Waals surface area contributed by atoms with Crippen LogP contribution in [0.25, 0.3) is 49.4 Å². The van der Waals surface area contributed by atoms with Crippen LogP contribution in [0.5, 0.6) is 0 Å². The second kappa shape index (κ2) is 10.8. The van der Waals surface area contributed by atoms with E-state index in [1.165, 1.54) is 60.4 Å². The van der Waals surface area contributed by atoms with Gasteiger partial charge in [0.1, 0.15) is 0 Å². The van der Waals surface area contributed by atoms with Gasteiger partial charge in [0.2, 0.25) is 0 Å². The van der Waals surface area contributed by atoms with Crippen molar-refractivity contribution < 1.29 is 9.31 Å². The van der Waals surface area contributed by atoms with Crippen LogP contribution in [0.4, 0.5) is 0 Å². The molecule has 1 fully saturated rings. The van der Waals surface area contributed by atoms with E-state index in [9.17, 15) is 0 Å². The van der Waals surface area contributed by atoms with E-state index in [4.69, 9.17) is 9.31 Å². The smallest absolute Gasteiger partial charge is 0.399 e. The van der Waals surface area contributed by atoms with Gasteiger partial charge in [-0.15, -0.1) is 0 Å². The summed E-state index contributed by atoms with van der Waals surface area (Å²) in [5, 5.41) is 4.95. The van der Waals surface area contributed by atoms with Gasteiger partial charge in [-0.25, -0.2) is 0 Å². The van der Waals surface area contributed by atoms with Crippen molar-refractivity contribution in [3.63, 3.8) is 0 Å². The molecule has 0 radical (unpaired) electrons.